The predicted octanol–water partition coefficient (Wildman–Crippen LogP) is 0.112. The minimum Gasteiger partial charge on any atom is -0.507 e. The first kappa shape index (κ1) is 14.6. The first-order valence-corrected chi connectivity index (χ1v) is 6.72. The molecule has 0 aliphatic carbocycles. The van der Waals surface area contributed by atoms with Gasteiger partial charge in [-0.1, -0.05) is 12.1 Å². The van der Waals surface area contributed by atoms with Crippen molar-refractivity contribution in [1.82, 2.24) is 19.1 Å². The lowest BCUT2D eigenvalue weighted by Crippen LogP contribution is -2.29. The van der Waals surface area contributed by atoms with Crippen molar-refractivity contribution in [3.05, 3.63) is 50.7 Å². The highest BCUT2D eigenvalue weighted by molar-refractivity contribution is 5.83. The molecule has 2 aromatic heterocycles. The molecule has 3 aromatic rings. The van der Waals surface area contributed by atoms with Gasteiger partial charge in [0, 0.05) is 19.7 Å². The van der Waals surface area contributed by atoms with Crippen LogP contribution < -0.4 is 16.7 Å². The van der Waals surface area contributed by atoms with E-state index in [9.17, 15) is 14.7 Å². The zero-order valence-corrected chi connectivity index (χ0v) is 12.4. The molecule has 3 N–H and O–H groups in total. The first-order valence-electron chi connectivity index (χ1n) is 6.72. The lowest BCUT2D eigenvalue weighted by molar-refractivity contribution is 0.474. The van der Waals surface area contributed by atoms with E-state index in [0.29, 0.717) is 11.5 Å². The molecule has 0 atom stereocenters. The number of para-hydroxylation sites is 1. The second-order valence-electron chi connectivity index (χ2n) is 4.91. The van der Waals surface area contributed by atoms with Crippen LogP contribution in [0.3, 0.4) is 0 Å². The number of aromatic amines is 1. The highest BCUT2D eigenvalue weighted by Gasteiger charge is 2.14. The average Bonchev–Trinajstić information content (AvgIpc) is 2.85. The van der Waals surface area contributed by atoms with Gasteiger partial charge in [-0.25, -0.2) is 10.2 Å². The summed E-state index contributed by atoms with van der Waals surface area (Å²) >= 11 is 0. The Bertz CT molecular complexity index is 1030. The summed E-state index contributed by atoms with van der Waals surface area (Å²) in [6.45, 7) is 0. The topological polar surface area (TPSA) is 117 Å². The zero-order chi connectivity index (χ0) is 16.6. The Morgan fingerprint density at radius 1 is 1.26 bits per heavy atom. The standard InChI is InChI=1S/C14H14N6O3/c1-19-10-11(20(2)14(23)17-12(10)22)16-13(19)18-15-7-8-5-3-4-6-9(8)21/h3-7,21H,1-2H3,(H,16,18)(H,17,22,23)/b15-7-. The Labute approximate surface area is 129 Å². The SMILES string of the molecule is Cn1c(N/N=C\c2ccccc2O)nc2c1c(=O)[nH]c(=O)n2C. The van der Waals surface area contributed by atoms with Crippen LogP contribution in [0.5, 0.6) is 5.75 Å². The summed E-state index contributed by atoms with van der Waals surface area (Å²) in [4.78, 5) is 29.9. The van der Waals surface area contributed by atoms with E-state index in [-0.39, 0.29) is 16.9 Å². The van der Waals surface area contributed by atoms with Gasteiger partial charge in [0.1, 0.15) is 5.75 Å². The quantitative estimate of drug-likeness (QED) is 0.468. The Kier molecular flexibility index (Phi) is 3.45. The molecule has 0 aliphatic heterocycles. The Morgan fingerprint density at radius 2 is 2.00 bits per heavy atom. The molecule has 3 rings (SSSR count). The normalized spacial score (nSPS) is 11.4. The van der Waals surface area contributed by atoms with Crippen molar-refractivity contribution in [2.75, 3.05) is 5.43 Å². The van der Waals surface area contributed by atoms with Crippen LogP contribution in [-0.4, -0.2) is 30.4 Å². The number of phenols is 1. The number of nitrogens with zero attached hydrogens (tertiary/aromatic N) is 4. The molecule has 1 aromatic carbocycles. The number of benzene rings is 1. The van der Waals surface area contributed by atoms with Gasteiger partial charge in [-0.2, -0.15) is 10.1 Å². The van der Waals surface area contributed by atoms with Crippen molar-refractivity contribution in [3.63, 3.8) is 0 Å². The lowest BCUT2D eigenvalue weighted by Gasteiger charge is -2.00. The molecule has 0 bridgehead atoms. The van der Waals surface area contributed by atoms with Gasteiger partial charge in [0.25, 0.3) is 5.56 Å². The summed E-state index contributed by atoms with van der Waals surface area (Å²) in [6, 6.07) is 6.72. The van der Waals surface area contributed by atoms with E-state index in [1.54, 1.807) is 31.3 Å². The largest absolute Gasteiger partial charge is 0.507 e. The minimum absolute atomic E-state index is 0.0990. The highest BCUT2D eigenvalue weighted by Crippen LogP contribution is 2.14. The Morgan fingerprint density at radius 3 is 2.74 bits per heavy atom. The maximum Gasteiger partial charge on any atom is 0.329 e. The fraction of sp³-hybridized carbons (Fsp3) is 0.143. The van der Waals surface area contributed by atoms with E-state index in [2.05, 4.69) is 20.5 Å². The maximum absolute atomic E-state index is 11.9. The number of anilines is 1. The van der Waals surface area contributed by atoms with Gasteiger partial charge in [0.15, 0.2) is 11.2 Å². The van der Waals surface area contributed by atoms with Crippen LogP contribution in [0.25, 0.3) is 11.2 Å². The second kappa shape index (κ2) is 5.44. The molecule has 0 radical (unpaired) electrons. The third-order valence-corrected chi connectivity index (χ3v) is 3.44. The molecule has 0 amide bonds. The minimum atomic E-state index is -0.537. The van der Waals surface area contributed by atoms with E-state index < -0.39 is 11.2 Å². The predicted molar refractivity (Wildman–Crippen MR) is 85.9 cm³/mol. The molecule has 9 heteroatoms. The number of nitrogens with one attached hydrogen (secondary N) is 2. The Balaban J connectivity index is 1.99. The summed E-state index contributed by atoms with van der Waals surface area (Å²) in [5, 5.41) is 13.6. The molecule has 118 valence electrons. The molecule has 0 unspecified atom stereocenters. The number of hydrogen-bond donors (Lipinski definition) is 3. The third kappa shape index (κ3) is 2.48. The third-order valence-electron chi connectivity index (χ3n) is 3.44. The van der Waals surface area contributed by atoms with E-state index in [4.69, 9.17) is 0 Å². The van der Waals surface area contributed by atoms with Crippen LogP contribution in [-0.2, 0) is 14.1 Å². The van der Waals surface area contributed by atoms with Crippen LogP contribution in [0.4, 0.5) is 5.95 Å². The second-order valence-corrected chi connectivity index (χ2v) is 4.91. The van der Waals surface area contributed by atoms with Gasteiger partial charge in [-0.3, -0.25) is 14.3 Å². The number of hydrazone groups is 1. The van der Waals surface area contributed by atoms with Gasteiger partial charge in [-0.15, -0.1) is 0 Å². The molecular formula is C14H14N6O3. The zero-order valence-electron chi connectivity index (χ0n) is 12.4. The molecule has 0 saturated carbocycles. The molecule has 2 heterocycles. The molecule has 0 spiro atoms. The van der Waals surface area contributed by atoms with E-state index in [0.717, 1.165) is 0 Å². The van der Waals surface area contributed by atoms with Crippen molar-refractivity contribution < 1.29 is 5.11 Å². The van der Waals surface area contributed by atoms with Crippen LogP contribution in [0, 0.1) is 0 Å². The van der Waals surface area contributed by atoms with E-state index in [1.165, 1.54) is 22.4 Å². The van der Waals surface area contributed by atoms with Crippen molar-refractivity contribution >= 4 is 23.3 Å². The van der Waals surface area contributed by atoms with Crippen LogP contribution in [0.15, 0.2) is 39.0 Å². The number of H-pyrrole nitrogens is 1. The molecule has 0 fully saturated rings. The van der Waals surface area contributed by atoms with Crippen molar-refractivity contribution in [2.45, 2.75) is 0 Å². The molecule has 9 nitrogen and oxygen atoms in total. The number of imidazole rings is 1. The van der Waals surface area contributed by atoms with Crippen LogP contribution in [0.2, 0.25) is 0 Å². The number of phenolic OH excluding ortho intramolecular Hbond substituents is 1. The fourth-order valence-electron chi connectivity index (χ4n) is 2.16. The number of rotatable bonds is 3. The van der Waals surface area contributed by atoms with E-state index >= 15 is 0 Å². The maximum atomic E-state index is 11.9. The van der Waals surface area contributed by atoms with Gasteiger partial charge >= 0.3 is 5.69 Å². The number of aromatic hydroxyl groups is 1. The van der Waals surface area contributed by atoms with Crippen LogP contribution in [0.1, 0.15) is 5.56 Å². The van der Waals surface area contributed by atoms with Gasteiger partial charge < -0.3 is 9.67 Å². The van der Waals surface area contributed by atoms with Gasteiger partial charge in [0.05, 0.1) is 6.21 Å². The average molecular weight is 314 g/mol. The smallest absolute Gasteiger partial charge is 0.329 e. The number of fused-ring (bicyclic) bond motifs is 1. The fourth-order valence-corrected chi connectivity index (χ4v) is 2.16. The molecular weight excluding hydrogens is 300 g/mol. The summed E-state index contributed by atoms with van der Waals surface area (Å²) in [7, 11) is 3.15. The molecule has 0 saturated heterocycles. The van der Waals surface area contributed by atoms with Crippen LogP contribution >= 0.6 is 0 Å². The number of hydrogen-bond acceptors (Lipinski definition) is 6. The monoisotopic (exact) mass is 314 g/mol. The first-order chi connectivity index (χ1) is 11.0. The Hall–Kier alpha value is -3.36. The van der Waals surface area contributed by atoms with Crippen molar-refractivity contribution in [1.29, 1.82) is 0 Å². The molecule has 0 aliphatic rings. The summed E-state index contributed by atoms with van der Waals surface area (Å²) in [6.07, 6.45) is 1.43. The van der Waals surface area contributed by atoms with Crippen molar-refractivity contribution in [2.24, 2.45) is 19.2 Å². The number of aromatic nitrogens is 4. The van der Waals surface area contributed by atoms with Gasteiger partial charge in [-0.05, 0) is 12.1 Å². The summed E-state index contributed by atoms with van der Waals surface area (Å²) in [5.74, 6) is 0.389. The summed E-state index contributed by atoms with van der Waals surface area (Å²) < 4.78 is 2.74. The van der Waals surface area contributed by atoms with Crippen molar-refractivity contribution in [3.8, 4) is 5.75 Å². The molecule has 23 heavy (non-hydrogen) atoms. The van der Waals surface area contributed by atoms with Gasteiger partial charge in [0.2, 0.25) is 5.95 Å². The van der Waals surface area contributed by atoms with E-state index in [1.807, 2.05) is 0 Å². The number of aryl methyl sites for hydroxylation is 2. The lowest BCUT2D eigenvalue weighted by atomic mass is 10.2. The highest BCUT2D eigenvalue weighted by atomic mass is 16.3. The summed E-state index contributed by atoms with van der Waals surface area (Å²) in [5.41, 5.74) is 2.68.